The second-order valence-corrected chi connectivity index (χ2v) is 9.16. The lowest BCUT2D eigenvalue weighted by atomic mass is 9.82. The summed E-state index contributed by atoms with van der Waals surface area (Å²) in [5, 5.41) is 3.23. The Morgan fingerprint density at radius 1 is 0.857 bits per heavy atom. The molecule has 3 rings (SSSR count). The molecule has 0 saturated heterocycles. The number of hydrogen-bond donors (Lipinski definition) is 1. The molecule has 0 spiro atoms. The maximum absolute atomic E-state index is 13.1. The number of carbonyl (C=O) groups excluding carboxylic acids is 2. The van der Waals surface area contributed by atoms with Gasteiger partial charge in [0.25, 0.3) is 5.91 Å². The van der Waals surface area contributed by atoms with Gasteiger partial charge in [0.1, 0.15) is 11.5 Å². The Balaban J connectivity index is 1.59. The molecule has 1 aliphatic carbocycles. The molecule has 1 aliphatic rings. The Hall–Kier alpha value is -3.02. The predicted octanol–water partition coefficient (Wildman–Crippen LogP) is 6.19. The first-order valence-electron chi connectivity index (χ1n) is 13.0. The van der Waals surface area contributed by atoms with Crippen molar-refractivity contribution >= 4 is 11.9 Å². The fourth-order valence-corrected chi connectivity index (χ4v) is 4.46. The number of ether oxygens (including phenoxy) is 3. The van der Waals surface area contributed by atoms with Gasteiger partial charge in [0, 0.05) is 18.0 Å². The fraction of sp³-hybridized carbons (Fsp3) is 0.517. The van der Waals surface area contributed by atoms with Crippen molar-refractivity contribution in [1.82, 2.24) is 5.32 Å². The SMILES string of the molecule is CCCOc1cccc(C(=O)N[C@@H](CCOC(=O)c2cccc(OCCC)c2)C2CCCCC2)c1. The van der Waals surface area contributed by atoms with E-state index in [0.717, 1.165) is 25.7 Å². The maximum atomic E-state index is 13.1. The molecule has 6 nitrogen and oxygen atoms in total. The van der Waals surface area contributed by atoms with Crippen LogP contribution in [0.25, 0.3) is 0 Å². The fourth-order valence-electron chi connectivity index (χ4n) is 4.46. The minimum atomic E-state index is -0.374. The van der Waals surface area contributed by atoms with Crippen LogP contribution >= 0.6 is 0 Å². The summed E-state index contributed by atoms with van der Waals surface area (Å²) >= 11 is 0. The zero-order chi connectivity index (χ0) is 24.9. The first-order chi connectivity index (χ1) is 17.1. The Morgan fingerprint density at radius 3 is 2.09 bits per heavy atom. The zero-order valence-electron chi connectivity index (χ0n) is 21.1. The minimum absolute atomic E-state index is 0.0463. The molecule has 0 heterocycles. The Bertz CT molecular complexity index is 938. The minimum Gasteiger partial charge on any atom is -0.494 e. The van der Waals surface area contributed by atoms with Crippen LogP contribution in [0.15, 0.2) is 48.5 Å². The van der Waals surface area contributed by atoms with E-state index in [2.05, 4.69) is 12.2 Å². The van der Waals surface area contributed by atoms with Gasteiger partial charge in [-0.3, -0.25) is 4.79 Å². The van der Waals surface area contributed by atoms with Crippen LogP contribution < -0.4 is 14.8 Å². The Kier molecular flexibility index (Phi) is 10.9. The van der Waals surface area contributed by atoms with Gasteiger partial charge in [-0.05, 0) is 68.0 Å². The lowest BCUT2D eigenvalue weighted by Crippen LogP contribution is -2.42. The Labute approximate surface area is 209 Å². The lowest BCUT2D eigenvalue weighted by Gasteiger charge is -2.31. The van der Waals surface area contributed by atoms with Crippen molar-refractivity contribution in [2.45, 2.75) is 71.3 Å². The summed E-state index contributed by atoms with van der Waals surface area (Å²) in [6.07, 6.45) is 8.13. The smallest absolute Gasteiger partial charge is 0.338 e. The average molecular weight is 482 g/mol. The van der Waals surface area contributed by atoms with Crippen LogP contribution in [-0.2, 0) is 4.74 Å². The number of rotatable bonds is 13. The molecule has 0 aromatic heterocycles. The van der Waals surface area contributed by atoms with Crippen molar-refractivity contribution in [1.29, 1.82) is 0 Å². The Morgan fingerprint density at radius 2 is 1.46 bits per heavy atom. The summed E-state index contributed by atoms with van der Waals surface area (Å²) in [5.74, 6) is 1.26. The zero-order valence-corrected chi connectivity index (χ0v) is 21.1. The summed E-state index contributed by atoms with van der Waals surface area (Å²) < 4.78 is 16.9. The van der Waals surface area contributed by atoms with Crippen molar-refractivity contribution < 1.29 is 23.8 Å². The lowest BCUT2D eigenvalue weighted by molar-refractivity contribution is 0.0474. The van der Waals surface area contributed by atoms with Crippen LogP contribution in [0.4, 0.5) is 0 Å². The molecule has 1 fully saturated rings. The van der Waals surface area contributed by atoms with Crippen LogP contribution in [-0.4, -0.2) is 37.7 Å². The molecule has 1 atom stereocenters. The molecule has 1 saturated carbocycles. The number of nitrogens with one attached hydrogen (secondary N) is 1. The topological polar surface area (TPSA) is 73.9 Å². The average Bonchev–Trinajstić information content (AvgIpc) is 2.90. The molecule has 6 heteroatoms. The highest BCUT2D eigenvalue weighted by Crippen LogP contribution is 2.28. The number of carbonyl (C=O) groups is 2. The molecule has 0 bridgehead atoms. The molecule has 0 aliphatic heterocycles. The van der Waals surface area contributed by atoms with Gasteiger partial charge in [-0.25, -0.2) is 4.79 Å². The largest absolute Gasteiger partial charge is 0.494 e. The highest BCUT2D eigenvalue weighted by atomic mass is 16.5. The number of hydrogen-bond acceptors (Lipinski definition) is 5. The van der Waals surface area contributed by atoms with Crippen LogP contribution in [0.2, 0.25) is 0 Å². The van der Waals surface area contributed by atoms with E-state index < -0.39 is 0 Å². The summed E-state index contributed by atoms with van der Waals surface area (Å²) in [5.41, 5.74) is 1.06. The molecule has 0 radical (unpaired) electrons. The first kappa shape index (κ1) is 26.6. The molecule has 2 aromatic carbocycles. The highest BCUT2D eigenvalue weighted by Gasteiger charge is 2.26. The van der Waals surface area contributed by atoms with Crippen LogP contribution in [0.5, 0.6) is 11.5 Å². The third-order valence-corrected chi connectivity index (χ3v) is 6.31. The van der Waals surface area contributed by atoms with Gasteiger partial charge in [-0.15, -0.1) is 0 Å². The molecule has 35 heavy (non-hydrogen) atoms. The third-order valence-electron chi connectivity index (χ3n) is 6.31. The monoisotopic (exact) mass is 481 g/mol. The van der Waals surface area contributed by atoms with E-state index in [1.54, 1.807) is 30.3 Å². The summed E-state index contributed by atoms with van der Waals surface area (Å²) in [7, 11) is 0. The van der Waals surface area contributed by atoms with E-state index in [4.69, 9.17) is 14.2 Å². The van der Waals surface area contributed by atoms with E-state index in [1.165, 1.54) is 19.3 Å². The first-order valence-corrected chi connectivity index (χ1v) is 13.0. The van der Waals surface area contributed by atoms with Crippen LogP contribution in [0.3, 0.4) is 0 Å². The molecular weight excluding hydrogens is 442 g/mol. The molecule has 2 aromatic rings. The van der Waals surface area contributed by atoms with E-state index in [-0.39, 0.29) is 24.5 Å². The van der Waals surface area contributed by atoms with Gasteiger partial charge in [0.2, 0.25) is 0 Å². The van der Waals surface area contributed by atoms with Gasteiger partial charge in [-0.1, -0.05) is 45.2 Å². The van der Waals surface area contributed by atoms with Gasteiger partial charge in [0.05, 0.1) is 25.4 Å². The molecule has 0 unspecified atom stereocenters. The second kappa shape index (κ2) is 14.4. The summed E-state index contributed by atoms with van der Waals surface area (Å²) in [6, 6.07) is 14.3. The van der Waals surface area contributed by atoms with E-state index in [1.807, 2.05) is 25.1 Å². The van der Waals surface area contributed by atoms with Crippen molar-refractivity contribution in [2.24, 2.45) is 5.92 Å². The van der Waals surface area contributed by atoms with Crippen molar-refractivity contribution in [3.05, 3.63) is 59.7 Å². The van der Waals surface area contributed by atoms with E-state index in [0.29, 0.717) is 48.2 Å². The van der Waals surface area contributed by atoms with Crippen molar-refractivity contribution in [3.63, 3.8) is 0 Å². The maximum Gasteiger partial charge on any atom is 0.338 e. The summed E-state index contributed by atoms with van der Waals surface area (Å²) in [6.45, 7) is 5.56. The van der Waals surface area contributed by atoms with Crippen LogP contribution in [0.1, 0.15) is 85.9 Å². The standard InChI is InChI=1S/C29H39NO5/c1-3-17-33-25-14-8-12-23(20-25)28(31)30-27(22-10-6-5-7-11-22)16-19-35-29(32)24-13-9-15-26(21-24)34-18-4-2/h8-9,12-15,20-22,27H,3-7,10-11,16-19H2,1-2H3,(H,30,31)/t27-/m0/s1. The predicted molar refractivity (Wildman–Crippen MR) is 137 cm³/mol. The molecule has 1 amide bonds. The molecule has 190 valence electrons. The van der Waals surface area contributed by atoms with Crippen LogP contribution in [0, 0.1) is 5.92 Å². The summed E-state index contributed by atoms with van der Waals surface area (Å²) in [4.78, 5) is 25.7. The van der Waals surface area contributed by atoms with Gasteiger partial charge in [-0.2, -0.15) is 0 Å². The normalized spacial score (nSPS) is 14.7. The highest BCUT2D eigenvalue weighted by molar-refractivity contribution is 5.94. The van der Waals surface area contributed by atoms with Gasteiger partial charge in [0.15, 0.2) is 0 Å². The van der Waals surface area contributed by atoms with E-state index in [9.17, 15) is 9.59 Å². The number of amides is 1. The van der Waals surface area contributed by atoms with Gasteiger partial charge >= 0.3 is 5.97 Å². The number of benzene rings is 2. The molecule has 1 N–H and O–H groups in total. The van der Waals surface area contributed by atoms with Crippen molar-refractivity contribution in [3.8, 4) is 11.5 Å². The van der Waals surface area contributed by atoms with Gasteiger partial charge < -0.3 is 19.5 Å². The second-order valence-electron chi connectivity index (χ2n) is 9.16. The quantitative estimate of drug-likeness (QED) is 0.345. The van der Waals surface area contributed by atoms with Crippen molar-refractivity contribution in [2.75, 3.05) is 19.8 Å². The third kappa shape index (κ3) is 8.61. The molecular formula is C29H39NO5. The van der Waals surface area contributed by atoms with E-state index >= 15 is 0 Å². The number of esters is 1.